The van der Waals surface area contributed by atoms with Crippen LogP contribution in [0.1, 0.15) is 12.5 Å². The van der Waals surface area contributed by atoms with Crippen molar-refractivity contribution in [2.45, 2.75) is 18.9 Å². The Kier molecular flexibility index (Phi) is 2.85. The predicted molar refractivity (Wildman–Crippen MR) is 53.7 cm³/mol. The lowest BCUT2D eigenvalue weighted by Gasteiger charge is -2.19. The van der Waals surface area contributed by atoms with Crippen LogP contribution < -0.4 is 5.73 Å². The number of hydrogen-bond donors (Lipinski definition) is 4. The first kappa shape index (κ1) is 11.3. The molecule has 5 nitrogen and oxygen atoms in total. The number of benzene rings is 1. The van der Waals surface area contributed by atoms with Crippen LogP contribution in [-0.2, 0) is 11.2 Å². The van der Waals surface area contributed by atoms with Gasteiger partial charge in [0.1, 0.15) is 17.0 Å². The van der Waals surface area contributed by atoms with E-state index in [-0.39, 0.29) is 17.9 Å². The molecule has 0 aliphatic rings. The third kappa shape index (κ3) is 2.60. The van der Waals surface area contributed by atoms with E-state index in [0.29, 0.717) is 5.56 Å². The second-order valence-electron chi connectivity index (χ2n) is 3.71. The van der Waals surface area contributed by atoms with Crippen LogP contribution in [0.4, 0.5) is 0 Å². The molecule has 0 heterocycles. The molecule has 0 aliphatic heterocycles. The van der Waals surface area contributed by atoms with E-state index < -0.39 is 11.5 Å². The molecular formula is C10H13NO4. The Morgan fingerprint density at radius 3 is 2.60 bits per heavy atom. The van der Waals surface area contributed by atoms with Gasteiger partial charge in [0, 0.05) is 6.42 Å². The molecule has 5 heteroatoms. The van der Waals surface area contributed by atoms with E-state index in [1.54, 1.807) is 0 Å². The zero-order valence-corrected chi connectivity index (χ0v) is 8.27. The lowest BCUT2D eigenvalue weighted by Crippen LogP contribution is -2.46. The Hall–Kier alpha value is -1.75. The summed E-state index contributed by atoms with van der Waals surface area (Å²) in [6.45, 7) is 1.35. The number of carboxylic acids is 1. The summed E-state index contributed by atoms with van der Waals surface area (Å²) in [5, 5.41) is 27.4. The van der Waals surface area contributed by atoms with E-state index in [1.165, 1.54) is 25.1 Å². The Bertz CT molecular complexity index is 387. The van der Waals surface area contributed by atoms with Gasteiger partial charge in [-0.2, -0.15) is 0 Å². The largest absolute Gasteiger partial charge is 0.508 e. The summed E-state index contributed by atoms with van der Waals surface area (Å²) in [7, 11) is 0. The van der Waals surface area contributed by atoms with Crippen molar-refractivity contribution in [2.75, 3.05) is 0 Å². The number of rotatable bonds is 3. The Labute approximate surface area is 86.8 Å². The van der Waals surface area contributed by atoms with Crippen LogP contribution in [0.5, 0.6) is 11.5 Å². The van der Waals surface area contributed by atoms with Crippen LogP contribution in [0.3, 0.4) is 0 Å². The summed E-state index contributed by atoms with van der Waals surface area (Å²) in [6, 6.07) is 3.90. The minimum Gasteiger partial charge on any atom is -0.508 e. The van der Waals surface area contributed by atoms with Gasteiger partial charge in [-0.25, -0.2) is 0 Å². The number of aliphatic carboxylic acids is 1. The van der Waals surface area contributed by atoms with Crippen LogP contribution in [0, 0.1) is 0 Å². The van der Waals surface area contributed by atoms with Crippen LogP contribution in [0.15, 0.2) is 18.2 Å². The second kappa shape index (κ2) is 3.78. The molecule has 1 atom stereocenters. The minimum atomic E-state index is -1.47. The summed E-state index contributed by atoms with van der Waals surface area (Å²) < 4.78 is 0. The van der Waals surface area contributed by atoms with Gasteiger partial charge in [-0.05, 0) is 30.7 Å². The SMILES string of the molecule is CC(N)(Cc1cc(O)ccc1O)C(=O)O. The average molecular weight is 211 g/mol. The molecule has 1 aromatic carbocycles. The summed E-state index contributed by atoms with van der Waals surface area (Å²) in [5.74, 6) is -1.28. The van der Waals surface area contributed by atoms with Crippen molar-refractivity contribution in [2.24, 2.45) is 5.73 Å². The van der Waals surface area contributed by atoms with E-state index in [2.05, 4.69) is 0 Å². The molecule has 0 saturated carbocycles. The number of nitrogens with two attached hydrogens (primary N) is 1. The number of phenols is 2. The monoisotopic (exact) mass is 211 g/mol. The van der Waals surface area contributed by atoms with Crippen LogP contribution in [0.2, 0.25) is 0 Å². The Balaban J connectivity index is 2.99. The van der Waals surface area contributed by atoms with Gasteiger partial charge in [0.15, 0.2) is 0 Å². The normalized spacial score (nSPS) is 14.5. The lowest BCUT2D eigenvalue weighted by molar-refractivity contribution is -0.142. The molecule has 82 valence electrons. The quantitative estimate of drug-likeness (QED) is 0.543. The number of aromatic hydroxyl groups is 2. The molecule has 0 amide bonds. The molecule has 1 rings (SSSR count). The molecule has 0 aliphatic carbocycles. The smallest absolute Gasteiger partial charge is 0.323 e. The topological polar surface area (TPSA) is 104 Å². The van der Waals surface area contributed by atoms with E-state index in [9.17, 15) is 15.0 Å². The van der Waals surface area contributed by atoms with E-state index in [4.69, 9.17) is 10.8 Å². The van der Waals surface area contributed by atoms with Crippen molar-refractivity contribution in [1.82, 2.24) is 0 Å². The molecule has 0 spiro atoms. The third-order valence-corrected chi connectivity index (χ3v) is 2.11. The van der Waals surface area contributed by atoms with Crippen LogP contribution in [-0.4, -0.2) is 26.8 Å². The van der Waals surface area contributed by atoms with Gasteiger partial charge in [-0.3, -0.25) is 4.79 Å². The molecule has 0 radical (unpaired) electrons. The van der Waals surface area contributed by atoms with Gasteiger partial charge in [0.05, 0.1) is 0 Å². The number of carboxylic acid groups (broad SMARTS) is 1. The third-order valence-electron chi connectivity index (χ3n) is 2.11. The van der Waals surface area contributed by atoms with Crippen molar-refractivity contribution in [1.29, 1.82) is 0 Å². The van der Waals surface area contributed by atoms with Crippen LogP contribution >= 0.6 is 0 Å². The van der Waals surface area contributed by atoms with Crippen molar-refractivity contribution in [3.63, 3.8) is 0 Å². The standard InChI is InChI=1S/C10H13NO4/c1-10(11,9(14)15)5-6-4-7(12)2-3-8(6)13/h2-4,12-13H,5,11H2,1H3,(H,14,15). The van der Waals surface area contributed by atoms with E-state index >= 15 is 0 Å². The first-order valence-corrected chi connectivity index (χ1v) is 4.36. The first-order chi connectivity index (χ1) is 6.83. The highest BCUT2D eigenvalue weighted by Crippen LogP contribution is 2.25. The van der Waals surface area contributed by atoms with Gasteiger partial charge >= 0.3 is 5.97 Å². The molecule has 1 unspecified atom stereocenters. The zero-order valence-electron chi connectivity index (χ0n) is 8.27. The van der Waals surface area contributed by atoms with E-state index in [1.807, 2.05) is 0 Å². The molecule has 0 fully saturated rings. The van der Waals surface area contributed by atoms with Gasteiger partial charge in [0.2, 0.25) is 0 Å². The fourth-order valence-electron chi connectivity index (χ4n) is 1.18. The minimum absolute atomic E-state index is 0.0380. The predicted octanol–water partition coefficient (Wildman–Crippen LogP) is 0.442. The van der Waals surface area contributed by atoms with E-state index in [0.717, 1.165) is 0 Å². The Morgan fingerprint density at radius 1 is 1.47 bits per heavy atom. The maximum absolute atomic E-state index is 10.8. The van der Waals surface area contributed by atoms with Gasteiger partial charge in [-0.1, -0.05) is 0 Å². The van der Waals surface area contributed by atoms with Crippen molar-refractivity contribution in [3.8, 4) is 11.5 Å². The van der Waals surface area contributed by atoms with Crippen molar-refractivity contribution in [3.05, 3.63) is 23.8 Å². The van der Waals surface area contributed by atoms with Gasteiger partial charge < -0.3 is 21.1 Å². The van der Waals surface area contributed by atoms with Gasteiger partial charge in [-0.15, -0.1) is 0 Å². The summed E-state index contributed by atoms with van der Waals surface area (Å²) >= 11 is 0. The maximum atomic E-state index is 10.8. The second-order valence-corrected chi connectivity index (χ2v) is 3.71. The highest BCUT2D eigenvalue weighted by atomic mass is 16.4. The summed E-state index contributed by atoms with van der Waals surface area (Å²) in [6.07, 6.45) is -0.0530. The zero-order chi connectivity index (χ0) is 11.6. The van der Waals surface area contributed by atoms with Crippen LogP contribution in [0.25, 0.3) is 0 Å². The Morgan fingerprint density at radius 2 is 2.07 bits per heavy atom. The molecule has 15 heavy (non-hydrogen) atoms. The highest BCUT2D eigenvalue weighted by Gasteiger charge is 2.29. The molecule has 1 aromatic rings. The molecule has 0 aromatic heterocycles. The fraction of sp³-hybridized carbons (Fsp3) is 0.300. The number of hydrogen-bond acceptors (Lipinski definition) is 4. The van der Waals surface area contributed by atoms with Gasteiger partial charge in [0.25, 0.3) is 0 Å². The fourth-order valence-corrected chi connectivity index (χ4v) is 1.18. The maximum Gasteiger partial charge on any atom is 0.323 e. The summed E-state index contributed by atoms with van der Waals surface area (Å²) in [5.41, 5.74) is 4.36. The van der Waals surface area contributed by atoms with Crippen molar-refractivity contribution >= 4 is 5.97 Å². The molecule has 5 N–H and O–H groups in total. The first-order valence-electron chi connectivity index (χ1n) is 4.36. The number of phenolic OH excluding ortho intramolecular Hbond substituents is 2. The average Bonchev–Trinajstić information content (AvgIpc) is 2.10. The lowest BCUT2D eigenvalue weighted by atomic mass is 9.93. The van der Waals surface area contributed by atoms with Crippen molar-refractivity contribution < 1.29 is 20.1 Å². The summed E-state index contributed by atoms with van der Waals surface area (Å²) in [4.78, 5) is 10.8. The molecular weight excluding hydrogens is 198 g/mol. The highest BCUT2D eigenvalue weighted by molar-refractivity contribution is 5.78. The molecule has 0 saturated heterocycles. The number of carbonyl (C=O) groups is 1. The molecule has 0 bridgehead atoms.